The average Bonchev–Trinajstić information content (AvgIpc) is 2.15. The molecule has 0 atom stereocenters. The van der Waals surface area contributed by atoms with Crippen LogP contribution in [0, 0.1) is 11.8 Å². The Balaban J connectivity index is 2.10. The Bertz CT molecular complexity index is 123. The summed E-state index contributed by atoms with van der Waals surface area (Å²) in [7, 11) is 0. The molecule has 0 unspecified atom stereocenters. The van der Waals surface area contributed by atoms with E-state index in [9.17, 15) is 0 Å². The summed E-state index contributed by atoms with van der Waals surface area (Å²) in [5, 5.41) is 0. The van der Waals surface area contributed by atoms with Crippen molar-refractivity contribution in [3.8, 4) is 0 Å². The van der Waals surface area contributed by atoms with Gasteiger partial charge in [0.1, 0.15) is 0 Å². The highest BCUT2D eigenvalue weighted by Crippen LogP contribution is 2.28. The minimum atomic E-state index is 0.574. The molecule has 0 aromatic heterocycles. The number of rotatable bonds is 4. The minimum Gasteiger partial charge on any atom is -0.378 e. The van der Waals surface area contributed by atoms with Gasteiger partial charge in [-0.05, 0) is 37.5 Å². The van der Waals surface area contributed by atoms with Crippen LogP contribution in [-0.4, -0.2) is 12.7 Å². The van der Waals surface area contributed by atoms with Crippen molar-refractivity contribution in [1.82, 2.24) is 0 Å². The van der Waals surface area contributed by atoms with E-state index in [0.717, 1.165) is 12.5 Å². The molecule has 0 amide bonds. The van der Waals surface area contributed by atoms with Crippen molar-refractivity contribution >= 4 is 0 Å². The monoisotopic (exact) mass is 184 g/mol. The largest absolute Gasteiger partial charge is 0.378 e. The second kappa shape index (κ2) is 5.64. The number of ether oxygens (including phenoxy) is 1. The third-order valence-electron chi connectivity index (χ3n) is 3.04. The molecule has 1 nitrogen and oxygen atoms in total. The van der Waals surface area contributed by atoms with Crippen LogP contribution in [0.1, 0.15) is 52.9 Å². The van der Waals surface area contributed by atoms with Gasteiger partial charge in [0.15, 0.2) is 0 Å². The Kier molecular flexibility index (Phi) is 4.79. The van der Waals surface area contributed by atoms with Gasteiger partial charge >= 0.3 is 0 Å². The van der Waals surface area contributed by atoms with E-state index in [2.05, 4.69) is 20.8 Å². The van der Waals surface area contributed by atoms with E-state index in [1.165, 1.54) is 32.1 Å². The predicted octanol–water partition coefficient (Wildman–Crippen LogP) is 3.63. The highest BCUT2D eigenvalue weighted by molar-refractivity contribution is 4.71. The lowest BCUT2D eigenvalue weighted by atomic mass is 9.86. The van der Waals surface area contributed by atoms with Crippen LogP contribution in [0.3, 0.4) is 0 Å². The van der Waals surface area contributed by atoms with E-state index >= 15 is 0 Å². The lowest BCUT2D eigenvalue weighted by Gasteiger charge is -2.28. The van der Waals surface area contributed by atoms with Crippen LogP contribution in [0.5, 0.6) is 0 Å². The van der Waals surface area contributed by atoms with Gasteiger partial charge in [-0.15, -0.1) is 0 Å². The van der Waals surface area contributed by atoms with E-state index in [1.54, 1.807) is 0 Å². The molecule has 1 saturated carbocycles. The number of hydrogen-bond acceptors (Lipinski definition) is 1. The Morgan fingerprint density at radius 3 is 2.23 bits per heavy atom. The van der Waals surface area contributed by atoms with Crippen LogP contribution >= 0.6 is 0 Å². The first-order chi connectivity index (χ1) is 6.22. The number of hydrogen-bond donors (Lipinski definition) is 0. The Morgan fingerprint density at radius 1 is 1.15 bits per heavy atom. The third-order valence-corrected chi connectivity index (χ3v) is 3.04. The zero-order valence-electron chi connectivity index (χ0n) is 9.38. The molecule has 0 N–H and O–H groups in total. The molecule has 0 saturated heterocycles. The van der Waals surface area contributed by atoms with Crippen LogP contribution in [0.4, 0.5) is 0 Å². The summed E-state index contributed by atoms with van der Waals surface area (Å²) >= 11 is 0. The predicted molar refractivity (Wildman–Crippen MR) is 56.8 cm³/mol. The molecular formula is C12H24O. The van der Waals surface area contributed by atoms with Crippen LogP contribution in [0.2, 0.25) is 0 Å². The summed E-state index contributed by atoms with van der Waals surface area (Å²) in [6.45, 7) is 7.69. The van der Waals surface area contributed by atoms with Crippen molar-refractivity contribution in [2.75, 3.05) is 6.61 Å². The summed E-state index contributed by atoms with van der Waals surface area (Å²) in [6.07, 6.45) is 7.30. The van der Waals surface area contributed by atoms with Crippen molar-refractivity contribution in [3.63, 3.8) is 0 Å². The molecule has 0 heterocycles. The van der Waals surface area contributed by atoms with Gasteiger partial charge in [-0.2, -0.15) is 0 Å². The standard InChI is InChI=1S/C12H24O/c1-4-11-5-7-12(8-6-11)13-9-10(2)3/h10-12H,4-9H2,1-3H3. The van der Waals surface area contributed by atoms with Crippen molar-refractivity contribution < 1.29 is 4.74 Å². The van der Waals surface area contributed by atoms with Gasteiger partial charge < -0.3 is 4.74 Å². The minimum absolute atomic E-state index is 0.574. The fourth-order valence-corrected chi connectivity index (χ4v) is 2.04. The smallest absolute Gasteiger partial charge is 0.0575 e. The van der Waals surface area contributed by atoms with E-state index in [-0.39, 0.29) is 0 Å². The fourth-order valence-electron chi connectivity index (χ4n) is 2.04. The fraction of sp³-hybridized carbons (Fsp3) is 1.00. The average molecular weight is 184 g/mol. The molecule has 1 rings (SSSR count). The normalized spacial score (nSPS) is 29.5. The topological polar surface area (TPSA) is 9.23 Å². The molecule has 78 valence electrons. The molecule has 0 aromatic carbocycles. The highest BCUT2D eigenvalue weighted by Gasteiger charge is 2.20. The maximum Gasteiger partial charge on any atom is 0.0575 e. The van der Waals surface area contributed by atoms with Crippen molar-refractivity contribution in [3.05, 3.63) is 0 Å². The summed E-state index contributed by atoms with van der Waals surface area (Å²) < 4.78 is 5.84. The zero-order valence-corrected chi connectivity index (χ0v) is 9.38. The van der Waals surface area contributed by atoms with Gasteiger partial charge in [0.25, 0.3) is 0 Å². The van der Waals surface area contributed by atoms with E-state index < -0.39 is 0 Å². The molecule has 1 fully saturated rings. The Labute approximate surface area is 82.9 Å². The summed E-state index contributed by atoms with van der Waals surface area (Å²) in [5.74, 6) is 1.67. The molecule has 0 radical (unpaired) electrons. The van der Waals surface area contributed by atoms with Crippen molar-refractivity contribution in [1.29, 1.82) is 0 Å². The quantitative estimate of drug-likeness (QED) is 0.648. The Morgan fingerprint density at radius 2 is 1.77 bits per heavy atom. The first kappa shape index (κ1) is 11.0. The molecular weight excluding hydrogens is 160 g/mol. The second-order valence-corrected chi connectivity index (χ2v) is 4.78. The molecule has 13 heavy (non-hydrogen) atoms. The van der Waals surface area contributed by atoms with Crippen LogP contribution < -0.4 is 0 Å². The molecule has 0 bridgehead atoms. The van der Waals surface area contributed by atoms with Gasteiger partial charge in [-0.25, -0.2) is 0 Å². The third kappa shape index (κ3) is 4.12. The molecule has 0 spiro atoms. The maximum absolute atomic E-state index is 5.84. The molecule has 1 heteroatoms. The summed E-state index contributed by atoms with van der Waals surface area (Å²) in [4.78, 5) is 0. The first-order valence-electron chi connectivity index (χ1n) is 5.84. The highest BCUT2D eigenvalue weighted by atomic mass is 16.5. The van der Waals surface area contributed by atoms with Gasteiger partial charge in [-0.1, -0.05) is 27.2 Å². The molecule has 0 aliphatic heterocycles. The first-order valence-corrected chi connectivity index (χ1v) is 5.84. The summed E-state index contributed by atoms with van der Waals surface area (Å²) in [6, 6.07) is 0. The Hall–Kier alpha value is -0.0400. The zero-order chi connectivity index (χ0) is 9.68. The van der Waals surface area contributed by atoms with Gasteiger partial charge in [0.05, 0.1) is 6.10 Å². The lowest BCUT2D eigenvalue weighted by Crippen LogP contribution is -2.22. The lowest BCUT2D eigenvalue weighted by molar-refractivity contribution is 0.00429. The molecule has 1 aliphatic rings. The van der Waals surface area contributed by atoms with Gasteiger partial charge in [0.2, 0.25) is 0 Å². The molecule has 1 aliphatic carbocycles. The van der Waals surface area contributed by atoms with Gasteiger partial charge in [-0.3, -0.25) is 0 Å². The van der Waals surface area contributed by atoms with E-state index in [4.69, 9.17) is 4.74 Å². The van der Waals surface area contributed by atoms with E-state index in [1.807, 2.05) is 0 Å². The van der Waals surface area contributed by atoms with E-state index in [0.29, 0.717) is 12.0 Å². The molecule has 0 aromatic rings. The summed E-state index contributed by atoms with van der Waals surface area (Å²) in [5.41, 5.74) is 0. The second-order valence-electron chi connectivity index (χ2n) is 4.78. The van der Waals surface area contributed by atoms with Crippen LogP contribution in [0.25, 0.3) is 0 Å². The van der Waals surface area contributed by atoms with Gasteiger partial charge in [0, 0.05) is 6.61 Å². The SMILES string of the molecule is CCC1CCC(OCC(C)C)CC1. The van der Waals surface area contributed by atoms with Crippen molar-refractivity contribution in [2.45, 2.75) is 59.0 Å². The maximum atomic E-state index is 5.84. The van der Waals surface area contributed by atoms with Crippen LogP contribution in [0.15, 0.2) is 0 Å². The van der Waals surface area contributed by atoms with Crippen molar-refractivity contribution in [2.24, 2.45) is 11.8 Å². The van der Waals surface area contributed by atoms with Crippen LogP contribution in [-0.2, 0) is 4.74 Å².